The molecule has 0 heterocycles. The molecular formula is C10H9BrFNO2. The monoisotopic (exact) mass is 273 g/mol. The zero-order valence-electron chi connectivity index (χ0n) is 7.80. The van der Waals surface area contributed by atoms with Gasteiger partial charge in [0, 0.05) is 5.69 Å². The van der Waals surface area contributed by atoms with Gasteiger partial charge in [-0.05, 0) is 34.1 Å². The number of halogens is 2. The van der Waals surface area contributed by atoms with E-state index in [0.717, 1.165) is 0 Å². The van der Waals surface area contributed by atoms with E-state index < -0.39 is 11.9 Å². The second kappa shape index (κ2) is 5.50. The average molecular weight is 274 g/mol. The summed E-state index contributed by atoms with van der Waals surface area (Å²) in [6.45, 7) is 3.51. The molecule has 0 aliphatic rings. The summed E-state index contributed by atoms with van der Waals surface area (Å²) in [5.74, 6) is -0.448. The summed E-state index contributed by atoms with van der Waals surface area (Å²) in [5.41, 5.74) is 0.338. The third kappa shape index (κ3) is 3.71. The zero-order chi connectivity index (χ0) is 11.3. The van der Waals surface area contributed by atoms with Crippen LogP contribution in [0.1, 0.15) is 0 Å². The van der Waals surface area contributed by atoms with E-state index in [0.29, 0.717) is 10.2 Å². The molecular weight excluding hydrogens is 265 g/mol. The summed E-state index contributed by atoms with van der Waals surface area (Å²) in [6.07, 6.45) is 0.804. The molecule has 0 aliphatic carbocycles. The lowest BCUT2D eigenvalue weighted by molar-refractivity contribution is 0.174. The van der Waals surface area contributed by atoms with Crippen molar-refractivity contribution in [2.45, 2.75) is 0 Å². The molecule has 0 unspecified atom stereocenters. The molecule has 1 rings (SSSR count). The Labute approximate surface area is 95.1 Å². The Morgan fingerprint density at radius 3 is 3.00 bits per heavy atom. The average Bonchev–Trinajstić information content (AvgIpc) is 2.20. The summed E-state index contributed by atoms with van der Waals surface area (Å²) in [7, 11) is 0. The number of ether oxygens (including phenoxy) is 1. The first kappa shape index (κ1) is 11.7. The Kier molecular flexibility index (Phi) is 4.30. The van der Waals surface area contributed by atoms with Crippen molar-refractivity contribution in [2.24, 2.45) is 0 Å². The maximum atomic E-state index is 13.0. The predicted molar refractivity (Wildman–Crippen MR) is 59.3 cm³/mol. The summed E-state index contributed by atoms with van der Waals surface area (Å²) in [6, 6.07) is 4.25. The number of nitrogens with one attached hydrogen (secondary N) is 1. The highest BCUT2D eigenvalue weighted by molar-refractivity contribution is 9.10. The lowest BCUT2D eigenvalue weighted by Gasteiger charge is -2.05. The fourth-order valence-electron chi connectivity index (χ4n) is 0.862. The van der Waals surface area contributed by atoms with Gasteiger partial charge in [0.05, 0.1) is 4.47 Å². The Bertz CT molecular complexity index is 382. The van der Waals surface area contributed by atoms with Gasteiger partial charge in [-0.1, -0.05) is 12.7 Å². The molecule has 0 atom stereocenters. The molecule has 0 saturated carbocycles. The van der Waals surface area contributed by atoms with Crippen LogP contribution in [0.25, 0.3) is 0 Å². The Balaban J connectivity index is 2.60. The highest BCUT2D eigenvalue weighted by Crippen LogP contribution is 2.19. The Hall–Kier alpha value is -1.36. The number of hydrogen-bond acceptors (Lipinski definition) is 2. The molecule has 0 radical (unpaired) electrons. The second-order valence-electron chi connectivity index (χ2n) is 2.64. The molecule has 5 heteroatoms. The van der Waals surface area contributed by atoms with E-state index in [-0.39, 0.29) is 6.61 Å². The molecule has 1 aromatic carbocycles. The van der Waals surface area contributed by atoms with E-state index in [1.807, 2.05) is 0 Å². The van der Waals surface area contributed by atoms with E-state index in [4.69, 9.17) is 0 Å². The number of rotatable bonds is 3. The smallest absolute Gasteiger partial charge is 0.411 e. The first-order valence-electron chi connectivity index (χ1n) is 4.13. The summed E-state index contributed by atoms with van der Waals surface area (Å²) in [5, 5.41) is 2.38. The summed E-state index contributed by atoms with van der Waals surface area (Å²) >= 11 is 3.01. The van der Waals surface area contributed by atoms with Crippen molar-refractivity contribution < 1.29 is 13.9 Å². The van der Waals surface area contributed by atoms with Gasteiger partial charge in [0.2, 0.25) is 0 Å². The lowest BCUT2D eigenvalue weighted by Crippen LogP contribution is -2.13. The van der Waals surface area contributed by atoms with Gasteiger partial charge < -0.3 is 4.74 Å². The van der Waals surface area contributed by atoms with Gasteiger partial charge in [-0.3, -0.25) is 5.32 Å². The van der Waals surface area contributed by atoms with Crippen molar-refractivity contribution in [3.63, 3.8) is 0 Å². The van der Waals surface area contributed by atoms with Crippen LogP contribution in [0.2, 0.25) is 0 Å². The molecule has 0 saturated heterocycles. The zero-order valence-corrected chi connectivity index (χ0v) is 9.38. The molecule has 3 nitrogen and oxygen atoms in total. The molecule has 15 heavy (non-hydrogen) atoms. The largest absolute Gasteiger partial charge is 0.445 e. The molecule has 0 aromatic heterocycles. The van der Waals surface area contributed by atoms with Gasteiger partial charge in [0.1, 0.15) is 12.4 Å². The molecule has 80 valence electrons. The normalized spacial score (nSPS) is 9.47. The highest BCUT2D eigenvalue weighted by atomic mass is 79.9. The van der Waals surface area contributed by atoms with Crippen LogP contribution < -0.4 is 5.32 Å². The minimum Gasteiger partial charge on any atom is -0.445 e. The molecule has 0 spiro atoms. The molecule has 1 amide bonds. The maximum Gasteiger partial charge on any atom is 0.411 e. The number of carbonyl (C=O) groups is 1. The predicted octanol–water partition coefficient (Wildman–Crippen LogP) is 3.32. The topological polar surface area (TPSA) is 38.3 Å². The number of benzene rings is 1. The van der Waals surface area contributed by atoms with Gasteiger partial charge in [-0.2, -0.15) is 0 Å². The third-order valence-corrected chi connectivity index (χ3v) is 2.14. The fraction of sp³-hybridized carbons (Fsp3) is 0.100. The highest BCUT2D eigenvalue weighted by Gasteiger charge is 2.04. The van der Waals surface area contributed by atoms with Crippen molar-refractivity contribution >= 4 is 27.7 Å². The lowest BCUT2D eigenvalue weighted by atomic mass is 10.3. The quantitative estimate of drug-likeness (QED) is 0.858. The van der Waals surface area contributed by atoms with E-state index in [1.54, 1.807) is 6.07 Å². The number of carbonyl (C=O) groups excluding carboxylic acids is 1. The van der Waals surface area contributed by atoms with Gasteiger partial charge >= 0.3 is 6.09 Å². The molecule has 0 bridgehead atoms. The van der Waals surface area contributed by atoms with Gasteiger partial charge in [-0.25, -0.2) is 9.18 Å². The molecule has 1 N–H and O–H groups in total. The standard InChI is InChI=1S/C10H9BrFNO2/c1-2-5-15-10(14)13-7-3-4-8(11)9(12)6-7/h2-4,6H,1,5H2,(H,13,14). The van der Waals surface area contributed by atoms with Crippen molar-refractivity contribution in [1.82, 2.24) is 0 Å². The number of hydrogen-bond donors (Lipinski definition) is 1. The van der Waals surface area contributed by atoms with Crippen LogP contribution in [0.4, 0.5) is 14.9 Å². The first-order valence-corrected chi connectivity index (χ1v) is 4.92. The maximum absolute atomic E-state index is 13.0. The van der Waals surface area contributed by atoms with E-state index >= 15 is 0 Å². The molecule has 1 aromatic rings. The van der Waals surface area contributed by atoms with Crippen LogP contribution in [0.3, 0.4) is 0 Å². The van der Waals surface area contributed by atoms with Gasteiger partial charge in [0.15, 0.2) is 0 Å². The third-order valence-electron chi connectivity index (χ3n) is 1.50. The van der Waals surface area contributed by atoms with E-state index in [1.165, 1.54) is 18.2 Å². The molecule has 0 aliphatic heterocycles. The summed E-state index contributed by atoms with van der Waals surface area (Å²) in [4.78, 5) is 11.1. The van der Waals surface area contributed by atoms with E-state index in [2.05, 4.69) is 32.6 Å². The van der Waals surface area contributed by atoms with Crippen LogP contribution >= 0.6 is 15.9 Å². The Morgan fingerprint density at radius 2 is 2.40 bits per heavy atom. The van der Waals surface area contributed by atoms with Gasteiger partial charge in [-0.15, -0.1) is 0 Å². The van der Waals surface area contributed by atoms with E-state index in [9.17, 15) is 9.18 Å². The first-order chi connectivity index (χ1) is 7.13. The summed E-state index contributed by atoms with van der Waals surface area (Å²) < 4.78 is 18.0. The number of amides is 1. The van der Waals surface area contributed by atoms with Crippen molar-refractivity contribution in [3.05, 3.63) is 41.1 Å². The van der Waals surface area contributed by atoms with Gasteiger partial charge in [0.25, 0.3) is 0 Å². The Morgan fingerprint density at radius 1 is 1.67 bits per heavy atom. The van der Waals surface area contributed by atoms with Crippen molar-refractivity contribution in [2.75, 3.05) is 11.9 Å². The van der Waals surface area contributed by atoms with Crippen LogP contribution in [-0.4, -0.2) is 12.7 Å². The van der Waals surface area contributed by atoms with Crippen LogP contribution in [-0.2, 0) is 4.74 Å². The fourth-order valence-corrected chi connectivity index (χ4v) is 1.11. The molecule has 0 fully saturated rings. The minimum absolute atomic E-state index is 0.116. The van der Waals surface area contributed by atoms with Crippen molar-refractivity contribution in [1.29, 1.82) is 0 Å². The van der Waals surface area contributed by atoms with Crippen molar-refractivity contribution in [3.8, 4) is 0 Å². The van der Waals surface area contributed by atoms with Crippen LogP contribution in [0, 0.1) is 5.82 Å². The SMILES string of the molecule is C=CCOC(=O)Nc1ccc(Br)c(F)c1. The second-order valence-corrected chi connectivity index (χ2v) is 3.50. The van der Waals surface area contributed by atoms with Crippen LogP contribution in [0.15, 0.2) is 35.3 Å². The number of anilines is 1. The minimum atomic E-state index is -0.642. The van der Waals surface area contributed by atoms with Crippen LogP contribution in [0.5, 0.6) is 0 Å².